The number of nitrogens with zero attached hydrogens (tertiary/aromatic N) is 2. The number of nitrogens with two attached hydrogens (primary N) is 1. The van der Waals surface area contributed by atoms with E-state index in [1.54, 1.807) is 0 Å². The number of rotatable bonds is 4. The second-order valence-electron chi connectivity index (χ2n) is 4.68. The topological polar surface area (TPSA) is 96.1 Å². The molecule has 0 radical (unpaired) electrons. The molecule has 1 aromatic rings. The van der Waals surface area contributed by atoms with Crippen molar-refractivity contribution in [3.63, 3.8) is 0 Å². The molecule has 0 amide bonds. The summed E-state index contributed by atoms with van der Waals surface area (Å²) in [7, 11) is 0. The molecule has 1 heterocycles. The molecule has 0 bridgehead atoms. The molecule has 1 aliphatic carbocycles. The van der Waals surface area contributed by atoms with Crippen molar-refractivity contribution in [1.29, 1.82) is 0 Å². The van der Waals surface area contributed by atoms with Gasteiger partial charge < -0.3 is 21.5 Å². The van der Waals surface area contributed by atoms with Gasteiger partial charge >= 0.3 is 0 Å². The molecule has 0 aliphatic heterocycles. The Morgan fingerprint density at radius 3 is 2.61 bits per heavy atom. The van der Waals surface area contributed by atoms with Crippen LogP contribution in [0.15, 0.2) is 6.07 Å². The van der Waals surface area contributed by atoms with Crippen LogP contribution < -0.4 is 16.4 Å². The predicted octanol–water partition coefficient (Wildman–Crippen LogP) is 1.21. The Labute approximate surface area is 107 Å². The Morgan fingerprint density at radius 2 is 1.94 bits per heavy atom. The first kappa shape index (κ1) is 12.9. The second kappa shape index (κ2) is 5.86. The van der Waals surface area contributed by atoms with Crippen LogP contribution in [0.2, 0.25) is 0 Å². The van der Waals surface area contributed by atoms with Crippen LogP contribution in [0.25, 0.3) is 0 Å². The van der Waals surface area contributed by atoms with Gasteiger partial charge in [0.2, 0.25) is 5.95 Å². The first-order valence-corrected chi connectivity index (χ1v) is 6.50. The van der Waals surface area contributed by atoms with E-state index in [0.29, 0.717) is 6.04 Å². The molecule has 0 aromatic carbocycles. The van der Waals surface area contributed by atoms with Gasteiger partial charge in [-0.1, -0.05) is 0 Å². The summed E-state index contributed by atoms with van der Waals surface area (Å²) in [6.07, 6.45) is 3.47. The molecule has 1 aromatic heterocycles. The van der Waals surface area contributed by atoms with Crippen LogP contribution in [0.5, 0.6) is 0 Å². The maximum atomic E-state index is 9.47. The minimum Gasteiger partial charge on any atom is -0.393 e. The van der Waals surface area contributed by atoms with Crippen molar-refractivity contribution in [2.75, 3.05) is 22.9 Å². The van der Waals surface area contributed by atoms with E-state index in [2.05, 4.69) is 20.6 Å². The van der Waals surface area contributed by atoms with Gasteiger partial charge in [-0.25, -0.2) is 0 Å². The molecule has 2 rings (SSSR count). The third-order valence-corrected chi connectivity index (χ3v) is 3.15. The van der Waals surface area contributed by atoms with E-state index in [0.717, 1.165) is 43.9 Å². The van der Waals surface area contributed by atoms with Crippen LogP contribution in [0, 0.1) is 0 Å². The summed E-state index contributed by atoms with van der Waals surface area (Å²) in [4.78, 5) is 8.29. The van der Waals surface area contributed by atoms with Crippen LogP contribution in [0.3, 0.4) is 0 Å². The molecule has 0 unspecified atom stereocenters. The minimum absolute atomic E-state index is 0.143. The Bertz CT molecular complexity index is 390. The number of anilines is 3. The quantitative estimate of drug-likeness (QED) is 0.642. The Hall–Kier alpha value is -1.56. The highest BCUT2D eigenvalue weighted by Gasteiger charge is 2.19. The summed E-state index contributed by atoms with van der Waals surface area (Å²) in [5, 5.41) is 15.9. The smallest absolute Gasteiger partial charge is 0.223 e. The van der Waals surface area contributed by atoms with E-state index >= 15 is 0 Å². The number of nitrogen functional groups attached to an aromatic ring is 1. The van der Waals surface area contributed by atoms with Crippen molar-refractivity contribution in [1.82, 2.24) is 9.97 Å². The first-order valence-electron chi connectivity index (χ1n) is 6.50. The molecule has 18 heavy (non-hydrogen) atoms. The van der Waals surface area contributed by atoms with E-state index in [1.165, 1.54) is 0 Å². The predicted molar refractivity (Wildman–Crippen MR) is 72.5 cm³/mol. The molecule has 1 fully saturated rings. The number of aliphatic hydroxyl groups is 1. The second-order valence-corrected chi connectivity index (χ2v) is 4.68. The average Bonchev–Trinajstić information content (AvgIpc) is 2.32. The van der Waals surface area contributed by atoms with Crippen molar-refractivity contribution in [3.8, 4) is 0 Å². The molecule has 100 valence electrons. The lowest BCUT2D eigenvalue weighted by molar-refractivity contribution is 0.126. The van der Waals surface area contributed by atoms with Crippen molar-refractivity contribution in [3.05, 3.63) is 6.07 Å². The van der Waals surface area contributed by atoms with E-state index in [1.807, 2.05) is 13.0 Å². The summed E-state index contributed by atoms with van der Waals surface area (Å²) in [5.74, 6) is 1.76. The molecule has 0 spiro atoms. The minimum atomic E-state index is -0.143. The van der Waals surface area contributed by atoms with Gasteiger partial charge in [0.25, 0.3) is 0 Å². The lowest BCUT2D eigenvalue weighted by Gasteiger charge is -2.26. The van der Waals surface area contributed by atoms with Gasteiger partial charge in [-0.05, 0) is 32.6 Å². The molecule has 6 heteroatoms. The molecular weight excluding hydrogens is 230 g/mol. The van der Waals surface area contributed by atoms with E-state index in [-0.39, 0.29) is 12.1 Å². The van der Waals surface area contributed by atoms with E-state index in [4.69, 9.17) is 5.73 Å². The zero-order valence-electron chi connectivity index (χ0n) is 10.7. The molecule has 1 saturated carbocycles. The van der Waals surface area contributed by atoms with Gasteiger partial charge in [0.05, 0.1) is 6.10 Å². The Morgan fingerprint density at radius 1 is 1.28 bits per heavy atom. The number of aliphatic hydroxyl groups excluding tert-OH is 1. The van der Waals surface area contributed by atoms with Crippen molar-refractivity contribution in [2.24, 2.45) is 0 Å². The summed E-state index contributed by atoms with van der Waals surface area (Å²) in [5.41, 5.74) is 5.67. The Kier molecular flexibility index (Phi) is 4.19. The van der Waals surface area contributed by atoms with Gasteiger partial charge in [-0.2, -0.15) is 9.97 Å². The third kappa shape index (κ3) is 3.46. The summed E-state index contributed by atoms with van der Waals surface area (Å²) < 4.78 is 0. The third-order valence-electron chi connectivity index (χ3n) is 3.15. The summed E-state index contributed by atoms with van der Waals surface area (Å²) in [6.45, 7) is 2.80. The molecule has 0 saturated heterocycles. The fourth-order valence-corrected chi connectivity index (χ4v) is 2.24. The summed E-state index contributed by atoms with van der Waals surface area (Å²) >= 11 is 0. The maximum absolute atomic E-state index is 9.47. The number of nitrogens with one attached hydrogen (secondary N) is 2. The van der Waals surface area contributed by atoms with Crippen molar-refractivity contribution >= 4 is 17.6 Å². The van der Waals surface area contributed by atoms with E-state index < -0.39 is 0 Å². The van der Waals surface area contributed by atoms with Crippen LogP contribution in [-0.4, -0.2) is 33.8 Å². The number of aromatic nitrogens is 2. The highest BCUT2D eigenvalue weighted by Crippen LogP contribution is 2.22. The number of hydrogen-bond acceptors (Lipinski definition) is 6. The summed E-state index contributed by atoms with van der Waals surface area (Å²) in [6, 6.07) is 2.22. The fourth-order valence-electron chi connectivity index (χ4n) is 2.24. The normalized spacial score (nSPS) is 23.7. The largest absolute Gasteiger partial charge is 0.393 e. The van der Waals surface area contributed by atoms with Gasteiger partial charge in [0.1, 0.15) is 11.6 Å². The van der Waals surface area contributed by atoms with Gasteiger partial charge in [-0.3, -0.25) is 0 Å². The average molecular weight is 251 g/mol. The first-order chi connectivity index (χ1) is 8.67. The standard InChI is InChI=1S/C12H21N5O/c1-2-14-10-7-11(17-12(13)16-10)15-8-3-5-9(18)6-4-8/h7-9,18H,2-6H2,1H3,(H4,13,14,15,16,17). The number of hydrogen-bond donors (Lipinski definition) is 4. The lowest BCUT2D eigenvalue weighted by Crippen LogP contribution is -2.28. The zero-order valence-corrected chi connectivity index (χ0v) is 10.7. The molecule has 6 nitrogen and oxygen atoms in total. The molecule has 5 N–H and O–H groups in total. The fraction of sp³-hybridized carbons (Fsp3) is 0.667. The van der Waals surface area contributed by atoms with Gasteiger partial charge in [-0.15, -0.1) is 0 Å². The lowest BCUT2D eigenvalue weighted by atomic mass is 9.93. The van der Waals surface area contributed by atoms with Gasteiger partial charge in [0, 0.05) is 18.7 Å². The monoisotopic (exact) mass is 251 g/mol. The van der Waals surface area contributed by atoms with Crippen LogP contribution in [-0.2, 0) is 0 Å². The molecular formula is C12H21N5O. The van der Waals surface area contributed by atoms with Crippen LogP contribution >= 0.6 is 0 Å². The SMILES string of the molecule is CCNc1cc(NC2CCC(O)CC2)nc(N)n1. The van der Waals surface area contributed by atoms with Crippen LogP contribution in [0.1, 0.15) is 32.6 Å². The zero-order chi connectivity index (χ0) is 13.0. The molecule has 0 atom stereocenters. The van der Waals surface area contributed by atoms with Crippen LogP contribution in [0.4, 0.5) is 17.6 Å². The van der Waals surface area contributed by atoms with Gasteiger partial charge in [0.15, 0.2) is 0 Å². The maximum Gasteiger partial charge on any atom is 0.223 e. The van der Waals surface area contributed by atoms with Crippen molar-refractivity contribution < 1.29 is 5.11 Å². The van der Waals surface area contributed by atoms with E-state index in [9.17, 15) is 5.11 Å². The highest BCUT2D eigenvalue weighted by atomic mass is 16.3. The Balaban J connectivity index is 2.00. The highest BCUT2D eigenvalue weighted by molar-refractivity contribution is 5.51. The molecule has 1 aliphatic rings. The van der Waals surface area contributed by atoms with Crippen molar-refractivity contribution in [2.45, 2.75) is 44.8 Å².